The summed E-state index contributed by atoms with van der Waals surface area (Å²) in [6.07, 6.45) is 3.75. The van der Waals surface area contributed by atoms with E-state index in [0.29, 0.717) is 17.5 Å². The van der Waals surface area contributed by atoms with Crippen LogP contribution in [0.2, 0.25) is 5.02 Å². The Bertz CT molecular complexity index is 973. The van der Waals surface area contributed by atoms with E-state index in [4.69, 9.17) is 16.3 Å². The normalized spacial score (nSPS) is 16.7. The Kier molecular flexibility index (Phi) is 6.55. The number of nitrogens with one attached hydrogen (secondary N) is 1. The molecule has 1 aliphatic heterocycles. The molecule has 0 unspecified atom stereocenters. The first-order valence-electron chi connectivity index (χ1n) is 10.3. The number of rotatable bonds is 8. The van der Waals surface area contributed by atoms with Gasteiger partial charge in [-0.15, -0.1) is 0 Å². The highest BCUT2D eigenvalue weighted by atomic mass is 35.5. The Labute approximate surface area is 182 Å². The standard InChI is InChI=1S/C23H28ClN5O/c1-28(2)23-18(6-5-11-25-23)16-29-12-9-17(15-29)21-14-19(26-27-21)10-13-30-22-8-4-3-7-20(22)24/h3-8,11,14,17H,9-10,12-13,15-16H2,1-2H3,(H,26,27)/t17-/m0/s1. The summed E-state index contributed by atoms with van der Waals surface area (Å²) in [4.78, 5) is 9.08. The lowest BCUT2D eigenvalue weighted by atomic mass is 10.0. The number of halogens is 1. The molecule has 1 aliphatic rings. The van der Waals surface area contributed by atoms with Gasteiger partial charge in [-0.1, -0.05) is 29.8 Å². The van der Waals surface area contributed by atoms with Gasteiger partial charge in [-0.2, -0.15) is 5.10 Å². The highest BCUT2D eigenvalue weighted by molar-refractivity contribution is 6.32. The molecule has 3 aromatic rings. The molecule has 1 aromatic carbocycles. The van der Waals surface area contributed by atoms with Gasteiger partial charge in [0.25, 0.3) is 0 Å². The van der Waals surface area contributed by atoms with Gasteiger partial charge in [0, 0.05) is 57.0 Å². The molecule has 0 radical (unpaired) electrons. The molecule has 158 valence electrons. The Morgan fingerprint density at radius 1 is 1.23 bits per heavy atom. The average Bonchev–Trinajstić information content (AvgIpc) is 3.39. The summed E-state index contributed by atoms with van der Waals surface area (Å²) in [7, 11) is 4.08. The minimum atomic E-state index is 0.457. The summed E-state index contributed by atoms with van der Waals surface area (Å²) in [6.45, 7) is 3.57. The zero-order chi connectivity index (χ0) is 20.9. The molecule has 2 aromatic heterocycles. The second-order valence-corrected chi connectivity index (χ2v) is 8.36. The first-order chi connectivity index (χ1) is 14.6. The molecule has 0 spiro atoms. The van der Waals surface area contributed by atoms with Gasteiger partial charge in [0.1, 0.15) is 11.6 Å². The van der Waals surface area contributed by atoms with Crippen molar-refractivity contribution in [2.24, 2.45) is 0 Å². The fourth-order valence-electron chi connectivity index (χ4n) is 3.96. The Morgan fingerprint density at radius 3 is 2.93 bits per heavy atom. The van der Waals surface area contributed by atoms with E-state index in [9.17, 15) is 0 Å². The number of hydrogen-bond donors (Lipinski definition) is 1. The molecule has 1 N–H and O–H groups in total. The first kappa shape index (κ1) is 20.7. The number of nitrogens with zero attached hydrogens (tertiary/aromatic N) is 4. The lowest BCUT2D eigenvalue weighted by molar-refractivity contribution is 0.320. The fraction of sp³-hybridized carbons (Fsp3) is 0.391. The van der Waals surface area contributed by atoms with Crippen LogP contribution in [0, 0.1) is 0 Å². The summed E-state index contributed by atoms with van der Waals surface area (Å²) in [5, 5.41) is 8.39. The van der Waals surface area contributed by atoms with Crippen molar-refractivity contribution in [3.63, 3.8) is 0 Å². The summed E-state index contributed by atoms with van der Waals surface area (Å²) in [5.41, 5.74) is 3.50. The Hall–Kier alpha value is -2.57. The zero-order valence-corrected chi connectivity index (χ0v) is 18.3. The van der Waals surface area contributed by atoms with Crippen LogP contribution in [0.25, 0.3) is 0 Å². The molecule has 30 heavy (non-hydrogen) atoms. The average molecular weight is 426 g/mol. The van der Waals surface area contributed by atoms with E-state index < -0.39 is 0 Å². The third-order valence-electron chi connectivity index (χ3n) is 5.49. The lowest BCUT2D eigenvalue weighted by Gasteiger charge is -2.20. The van der Waals surface area contributed by atoms with E-state index in [1.807, 2.05) is 50.6 Å². The predicted molar refractivity (Wildman–Crippen MR) is 120 cm³/mol. The van der Waals surface area contributed by atoms with E-state index in [-0.39, 0.29) is 0 Å². The molecule has 7 heteroatoms. The van der Waals surface area contributed by atoms with Crippen LogP contribution in [0.5, 0.6) is 5.75 Å². The molecule has 0 aliphatic carbocycles. The third-order valence-corrected chi connectivity index (χ3v) is 5.80. The maximum atomic E-state index is 6.14. The molecule has 0 saturated carbocycles. The number of benzene rings is 1. The number of pyridine rings is 1. The molecule has 6 nitrogen and oxygen atoms in total. The van der Waals surface area contributed by atoms with Crippen LogP contribution in [0.15, 0.2) is 48.7 Å². The van der Waals surface area contributed by atoms with Crippen LogP contribution < -0.4 is 9.64 Å². The largest absolute Gasteiger partial charge is 0.492 e. The van der Waals surface area contributed by atoms with E-state index in [1.54, 1.807) is 0 Å². The van der Waals surface area contributed by atoms with Crippen molar-refractivity contribution in [2.45, 2.75) is 25.3 Å². The van der Waals surface area contributed by atoms with E-state index >= 15 is 0 Å². The molecule has 1 atom stereocenters. The topological polar surface area (TPSA) is 57.3 Å². The van der Waals surface area contributed by atoms with Gasteiger partial charge in [-0.3, -0.25) is 10.00 Å². The number of ether oxygens (including phenoxy) is 1. The highest BCUT2D eigenvalue weighted by Crippen LogP contribution is 2.29. The van der Waals surface area contributed by atoms with Gasteiger partial charge in [0.05, 0.1) is 17.3 Å². The molecular formula is C23H28ClN5O. The van der Waals surface area contributed by atoms with Crippen molar-refractivity contribution in [3.8, 4) is 5.75 Å². The minimum absolute atomic E-state index is 0.457. The van der Waals surface area contributed by atoms with E-state index in [0.717, 1.165) is 55.4 Å². The van der Waals surface area contributed by atoms with E-state index in [2.05, 4.69) is 37.1 Å². The van der Waals surface area contributed by atoms with Crippen LogP contribution in [0.3, 0.4) is 0 Å². The van der Waals surface area contributed by atoms with Crippen LogP contribution >= 0.6 is 11.6 Å². The monoisotopic (exact) mass is 425 g/mol. The predicted octanol–water partition coefficient (Wildman–Crippen LogP) is 4.14. The van der Waals surface area contributed by atoms with Crippen molar-refractivity contribution in [1.82, 2.24) is 20.1 Å². The van der Waals surface area contributed by atoms with Crippen LogP contribution in [0.1, 0.15) is 29.3 Å². The summed E-state index contributed by atoms with van der Waals surface area (Å²) < 4.78 is 5.79. The number of likely N-dealkylation sites (tertiary alicyclic amines) is 1. The summed E-state index contributed by atoms with van der Waals surface area (Å²) >= 11 is 6.14. The Balaban J connectivity index is 1.30. The highest BCUT2D eigenvalue weighted by Gasteiger charge is 2.26. The minimum Gasteiger partial charge on any atom is -0.492 e. The zero-order valence-electron chi connectivity index (χ0n) is 17.5. The van der Waals surface area contributed by atoms with Crippen molar-refractivity contribution >= 4 is 17.4 Å². The van der Waals surface area contributed by atoms with Gasteiger partial charge in [0.2, 0.25) is 0 Å². The number of anilines is 1. The molecule has 1 saturated heterocycles. The number of para-hydroxylation sites is 1. The van der Waals surface area contributed by atoms with Gasteiger partial charge >= 0.3 is 0 Å². The van der Waals surface area contributed by atoms with Crippen LogP contribution in [-0.4, -0.2) is 53.9 Å². The van der Waals surface area contributed by atoms with Crippen LogP contribution in [-0.2, 0) is 13.0 Å². The number of hydrogen-bond acceptors (Lipinski definition) is 5. The summed E-state index contributed by atoms with van der Waals surface area (Å²) in [5.74, 6) is 2.22. The Morgan fingerprint density at radius 2 is 2.10 bits per heavy atom. The molecular weight excluding hydrogens is 398 g/mol. The molecule has 3 heterocycles. The maximum Gasteiger partial charge on any atom is 0.137 e. The van der Waals surface area contributed by atoms with Crippen molar-refractivity contribution in [2.75, 3.05) is 38.7 Å². The number of H-pyrrole nitrogens is 1. The molecule has 0 bridgehead atoms. The second kappa shape index (κ2) is 9.49. The van der Waals surface area contributed by atoms with Gasteiger partial charge in [-0.05, 0) is 37.2 Å². The van der Waals surface area contributed by atoms with Crippen LogP contribution in [0.4, 0.5) is 5.82 Å². The second-order valence-electron chi connectivity index (χ2n) is 7.95. The van der Waals surface area contributed by atoms with Crippen molar-refractivity contribution in [1.29, 1.82) is 0 Å². The van der Waals surface area contributed by atoms with Gasteiger partial charge in [0.15, 0.2) is 0 Å². The lowest BCUT2D eigenvalue weighted by Crippen LogP contribution is -2.22. The maximum absolute atomic E-state index is 6.14. The molecule has 1 fully saturated rings. The first-order valence-corrected chi connectivity index (χ1v) is 10.7. The quantitative estimate of drug-likeness (QED) is 0.588. The smallest absolute Gasteiger partial charge is 0.137 e. The van der Waals surface area contributed by atoms with Crippen molar-refractivity contribution in [3.05, 3.63) is 70.6 Å². The SMILES string of the molecule is CN(C)c1ncccc1CN1CC[C@H](c2cc(CCOc3ccccc3Cl)[nH]n2)C1. The van der Waals surface area contributed by atoms with Crippen molar-refractivity contribution < 1.29 is 4.74 Å². The molecule has 4 rings (SSSR count). The summed E-state index contributed by atoms with van der Waals surface area (Å²) in [6, 6.07) is 13.9. The number of aromatic amines is 1. The molecule has 0 amide bonds. The third kappa shape index (κ3) is 4.94. The van der Waals surface area contributed by atoms with Gasteiger partial charge in [-0.25, -0.2) is 4.98 Å². The van der Waals surface area contributed by atoms with Gasteiger partial charge < -0.3 is 9.64 Å². The fourth-order valence-corrected chi connectivity index (χ4v) is 4.15. The van der Waals surface area contributed by atoms with E-state index in [1.165, 1.54) is 5.56 Å². The number of aromatic nitrogens is 3.